The van der Waals surface area contributed by atoms with Gasteiger partial charge < -0.3 is 10.5 Å². The minimum atomic E-state index is -0.387. The van der Waals surface area contributed by atoms with Crippen molar-refractivity contribution in [3.8, 4) is 0 Å². The van der Waals surface area contributed by atoms with Gasteiger partial charge in [-0.25, -0.2) is 0 Å². The molecule has 0 spiro atoms. The lowest BCUT2D eigenvalue weighted by atomic mass is 10.0. The minimum Gasteiger partial charge on any atom is -0.459 e. The molecule has 2 aromatic rings. The van der Waals surface area contributed by atoms with Crippen molar-refractivity contribution in [2.45, 2.75) is 26.4 Å². The maximum Gasteiger partial charge on any atom is 0.313 e. The topological polar surface area (TPSA) is 70.1 Å². The van der Waals surface area contributed by atoms with Crippen LogP contribution in [0.3, 0.4) is 0 Å². The highest BCUT2D eigenvalue weighted by atomic mass is 35.5. The molecule has 112 valence electrons. The van der Waals surface area contributed by atoms with Gasteiger partial charge in [-0.1, -0.05) is 23.7 Å². The summed E-state index contributed by atoms with van der Waals surface area (Å²) in [5, 5.41) is 4.71. The van der Waals surface area contributed by atoms with E-state index in [-0.39, 0.29) is 18.5 Å². The van der Waals surface area contributed by atoms with Gasteiger partial charge in [-0.3, -0.25) is 9.48 Å². The fraction of sp³-hybridized carbons (Fsp3) is 0.333. The van der Waals surface area contributed by atoms with Crippen LogP contribution in [0.4, 0.5) is 5.69 Å². The van der Waals surface area contributed by atoms with Crippen LogP contribution in [0.5, 0.6) is 0 Å². The Kier molecular flexibility index (Phi) is 4.53. The molecule has 0 bridgehead atoms. The Morgan fingerprint density at radius 2 is 2.24 bits per heavy atom. The number of nitrogen functional groups attached to an aromatic ring is 1. The summed E-state index contributed by atoms with van der Waals surface area (Å²) < 4.78 is 6.96. The molecule has 2 rings (SSSR count). The number of hydrogen-bond donors (Lipinski definition) is 1. The molecule has 1 heterocycles. The van der Waals surface area contributed by atoms with Gasteiger partial charge in [0.2, 0.25) is 0 Å². The van der Waals surface area contributed by atoms with Crippen LogP contribution < -0.4 is 5.73 Å². The number of benzene rings is 1. The maximum atomic E-state index is 12.1. The summed E-state index contributed by atoms with van der Waals surface area (Å²) in [4.78, 5) is 12.1. The number of halogens is 1. The molecule has 5 nitrogen and oxygen atoms in total. The molecular formula is C15H18ClN3O2. The fourth-order valence-electron chi connectivity index (χ4n) is 2.07. The largest absolute Gasteiger partial charge is 0.459 e. The zero-order chi connectivity index (χ0) is 15.6. The number of aromatic nitrogens is 2. The first-order valence-electron chi connectivity index (χ1n) is 6.60. The third-order valence-electron chi connectivity index (χ3n) is 3.38. The van der Waals surface area contributed by atoms with E-state index in [1.54, 1.807) is 30.8 Å². The molecule has 1 unspecified atom stereocenters. The van der Waals surface area contributed by atoms with Crippen molar-refractivity contribution in [3.05, 3.63) is 46.2 Å². The number of aryl methyl sites for hydroxylation is 2. The number of ether oxygens (including phenoxy) is 1. The summed E-state index contributed by atoms with van der Waals surface area (Å²) in [5.74, 6) is -0.711. The Morgan fingerprint density at radius 3 is 2.81 bits per heavy atom. The molecule has 0 aliphatic rings. The summed E-state index contributed by atoms with van der Waals surface area (Å²) >= 11 is 6.12. The summed E-state index contributed by atoms with van der Waals surface area (Å²) in [6.45, 7) is 3.69. The van der Waals surface area contributed by atoms with E-state index >= 15 is 0 Å². The smallest absolute Gasteiger partial charge is 0.313 e. The SMILES string of the molecule is Cc1nn(C)c(COC(=O)C(C)c2cccc(N)c2)c1Cl. The van der Waals surface area contributed by atoms with Crippen molar-refractivity contribution in [1.29, 1.82) is 0 Å². The number of hydrogen-bond acceptors (Lipinski definition) is 4. The number of nitrogens with zero attached hydrogens (tertiary/aromatic N) is 2. The molecule has 0 fully saturated rings. The molecule has 6 heteroatoms. The third kappa shape index (κ3) is 3.36. The lowest BCUT2D eigenvalue weighted by Crippen LogP contribution is -2.14. The van der Waals surface area contributed by atoms with Crippen LogP contribution >= 0.6 is 11.6 Å². The lowest BCUT2D eigenvalue weighted by Gasteiger charge is -2.12. The first kappa shape index (κ1) is 15.4. The van der Waals surface area contributed by atoms with Crippen molar-refractivity contribution >= 4 is 23.3 Å². The number of carbonyl (C=O) groups excluding carboxylic acids is 1. The standard InChI is InChI=1S/C15H18ClN3O2/c1-9(11-5-4-6-12(17)7-11)15(20)21-8-13-14(16)10(2)18-19(13)3/h4-7,9H,8,17H2,1-3H3. The van der Waals surface area contributed by atoms with E-state index in [0.29, 0.717) is 22.1 Å². The van der Waals surface area contributed by atoms with Crippen molar-refractivity contribution in [3.63, 3.8) is 0 Å². The monoisotopic (exact) mass is 307 g/mol. The Hall–Kier alpha value is -2.01. The van der Waals surface area contributed by atoms with E-state index in [2.05, 4.69) is 5.10 Å². The highest BCUT2D eigenvalue weighted by Gasteiger charge is 2.19. The Balaban J connectivity index is 2.05. The zero-order valence-electron chi connectivity index (χ0n) is 12.3. The van der Waals surface area contributed by atoms with Crippen LogP contribution in [0.1, 0.15) is 29.8 Å². The fourth-order valence-corrected chi connectivity index (χ4v) is 2.28. The summed E-state index contributed by atoms with van der Waals surface area (Å²) in [7, 11) is 1.77. The summed E-state index contributed by atoms with van der Waals surface area (Å²) in [5.41, 5.74) is 8.57. The third-order valence-corrected chi connectivity index (χ3v) is 3.87. The van der Waals surface area contributed by atoms with Crippen molar-refractivity contribution < 1.29 is 9.53 Å². The van der Waals surface area contributed by atoms with Gasteiger partial charge in [0.15, 0.2) is 0 Å². The van der Waals surface area contributed by atoms with Crippen molar-refractivity contribution in [1.82, 2.24) is 9.78 Å². The molecular weight excluding hydrogens is 290 g/mol. The van der Waals surface area contributed by atoms with E-state index in [4.69, 9.17) is 22.1 Å². The molecule has 0 saturated carbocycles. The minimum absolute atomic E-state index is 0.0989. The Bertz CT molecular complexity index is 667. The van der Waals surface area contributed by atoms with E-state index in [9.17, 15) is 4.79 Å². The van der Waals surface area contributed by atoms with Gasteiger partial charge >= 0.3 is 5.97 Å². The maximum absolute atomic E-state index is 12.1. The molecule has 21 heavy (non-hydrogen) atoms. The summed E-state index contributed by atoms with van der Waals surface area (Å²) in [6, 6.07) is 7.21. The van der Waals surface area contributed by atoms with Crippen LogP contribution in [0.15, 0.2) is 24.3 Å². The average Bonchev–Trinajstić information content (AvgIpc) is 2.69. The van der Waals surface area contributed by atoms with Gasteiger partial charge in [0, 0.05) is 12.7 Å². The van der Waals surface area contributed by atoms with Gasteiger partial charge in [0.1, 0.15) is 6.61 Å². The van der Waals surface area contributed by atoms with Gasteiger partial charge in [-0.2, -0.15) is 5.10 Å². The number of anilines is 1. The average molecular weight is 308 g/mol. The van der Waals surface area contributed by atoms with Crippen LogP contribution in [0, 0.1) is 6.92 Å². The van der Waals surface area contributed by atoms with Crippen molar-refractivity contribution in [2.75, 3.05) is 5.73 Å². The first-order valence-corrected chi connectivity index (χ1v) is 6.98. The molecule has 1 aromatic heterocycles. The molecule has 0 aliphatic carbocycles. The van der Waals surface area contributed by atoms with Crippen LogP contribution in [0.2, 0.25) is 5.02 Å². The normalized spacial score (nSPS) is 12.2. The molecule has 0 aliphatic heterocycles. The predicted octanol–water partition coefficient (Wildman–Crippen LogP) is 2.81. The second-order valence-electron chi connectivity index (χ2n) is 4.97. The number of esters is 1. The molecule has 0 amide bonds. The highest BCUT2D eigenvalue weighted by molar-refractivity contribution is 6.31. The molecule has 1 atom stereocenters. The van der Waals surface area contributed by atoms with E-state index in [0.717, 1.165) is 5.56 Å². The second-order valence-corrected chi connectivity index (χ2v) is 5.35. The van der Waals surface area contributed by atoms with Gasteiger partial charge in [-0.15, -0.1) is 0 Å². The molecule has 0 radical (unpaired) electrons. The van der Waals surface area contributed by atoms with Crippen LogP contribution in [-0.4, -0.2) is 15.7 Å². The summed E-state index contributed by atoms with van der Waals surface area (Å²) in [6.07, 6.45) is 0. The Labute approximate surface area is 128 Å². The number of nitrogens with two attached hydrogens (primary N) is 1. The zero-order valence-corrected chi connectivity index (χ0v) is 13.0. The molecule has 0 saturated heterocycles. The lowest BCUT2D eigenvalue weighted by molar-refractivity contribution is -0.146. The first-order chi connectivity index (χ1) is 9.90. The highest BCUT2D eigenvalue weighted by Crippen LogP contribution is 2.23. The number of rotatable bonds is 4. The molecule has 2 N–H and O–H groups in total. The van der Waals surface area contributed by atoms with E-state index in [1.807, 2.05) is 19.1 Å². The van der Waals surface area contributed by atoms with Crippen LogP contribution in [-0.2, 0) is 23.2 Å². The molecule has 1 aromatic carbocycles. The van der Waals surface area contributed by atoms with Crippen LogP contribution in [0.25, 0.3) is 0 Å². The number of carbonyl (C=O) groups is 1. The predicted molar refractivity (Wildman–Crippen MR) is 82.0 cm³/mol. The van der Waals surface area contributed by atoms with Gasteiger partial charge in [-0.05, 0) is 31.5 Å². The van der Waals surface area contributed by atoms with Gasteiger partial charge in [0.25, 0.3) is 0 Å². The van der Waals surface area contributed by atoms with E-state index in [1.165, 1.54) is 0 Å². The van der Waals surface area contributed by atoms with Gasteiger partial charge in [0.05, 0.1) is 22.3 Å². The second kappa shape index (κ2) is 6.18. The Morgan fingerprint density at radius 1 is 1.52 bits per heavy atom. The van der Waals surface area contributed by atoms with E-state index < -0.39 is 0 Å². The van der Waals surface area contributed by atoms with Crippen molar-refractivity contribution in [2.24, 2.45) is 7.05 Å². The quantitative estimate of drug-likeness (QED) is 0.696.